The summed E-state index contributed by atoms with van der Waals surface area (Å²) in [7, 11) is 0. The van der Waals surface area contributed by atoms with Gasteiger partial charge < -0.3 is 14.6 Å². The molecule has 0 aromatic heterocycles. The van der Waals surface area contributed by atoms with Gasteiger partial charge in [0.15, 0.2) is 0 Å². The number of rotatable bonds is 4. The van der Waals surface area contributed by atoms with Crippen LogP contribution in [0.15, 0.2) is 18.2 Å². The molecule has 0 aliphatic carbocycles. The topological polar surface area (TPSA) is 38.7 Å². The van der Waals surface area contributed by atoms with Crippen LogP contribution in [0.5, 0.6) is 5.75 Å². The van der Waals surface area contributed by atoms with E-state index in [1.807, 2.05) is 25.1 Å². The van der Waals surface area contributed by atoms with Crippen LogP contribution in [-0.2, 0) is 4.74 Å². The highest BCUT2D eigenvalue weighted by molar-refractivity contribution is 5.38. The van der Waals surface area contributed by atoms with E-state index in [1.165, 1.54) is 0 Å². The van der Waals surface area contributed by atoms with Crippen molar-refractivity contribution >= 4 is 0 Å². The fraction of sp³-hybridized carbons (Fsp3) is 0.600. The van der Waals surface area contributed by atoms with E-state index in [-0.39, 0.29) is 0 Å². The minimum Gasteiger partial charge on any atom is -0.493 e. The van der Waals surface area contributed by atoms with Crippen molar-refractivity contribution in [2.75, 3.05) is 19.8 Å². The Morgan fingerprint density at radius 3 is 2.78 bits per heavy atom. The van der Waals surface area contributed by atoms with Gasteiger partial charge in [0.1, 0.15) is 5.75 Å². The third kappa shape index (κ3) is 3.47. The number of aliphatic hydroxyl groups excluding tert-OH is 1. The molecule has 0 radical (unpaired) electrons. The van der Waals surface area contributed by atoms with Gasteiger partial charge in [-0.3, -0.25) is 0 Å². The van der Waals surface area contributed by atoms with Crippen LogP contribution in [-0.4, -0.2) is 24.9 Å². The molecule has 1 heterocycles. The zero-order chi connectivity index (χ0) is 13.0. The second-order valence-corrected chi connectivity index (χ2v) is 5.08. The monoisotopic (exact) mass is 250 g/mol. The molecule has 1 aliphatic heterocycles. The number of hydrogen-bond acceptors (Lipinski definition) is 3. The van der Waals surface area contributed by atoms with E-state index >= 15 is 0 Å². The van der Waals surface area contributed by atoms with Crippen LogP contribution >= 0.6 is 0 Å². The molecule has 1 aromatic carbocycles. The highest BCUT2D eigenvalue weighted by Gasteiger charge is 2.16. The first kappa shape index (κ1) is 13.4. The molecule has 1 aromatic rings. The van der Waals surface area contributed by atoms with Crippen LogP contribution in [0.4, 0.5) is 0 Å². The summed E-state index contributed by atoms with van der Waals surface area (Å²) in [6, 6.07) is 5.96. The number of aliphatic hydroxyl groups is 1. The molecule has 0 unspecified atom stereocenters. The Morgan fingerprint density at radius 1 is 1.39 bits per heavy atom. The van der Waals surface area contributed by atoms with Crippen LogP contribution < -0.4 is 4.74 Å². The summed E-state index contributed by atoms with van der Waals surface area (Å²) in [6.45, 7) is 6.19. The average Bonchev–Trinajstić information content (AvgIpc) is 2.38. The minimum absolute atomic E-state index is 0.491. The maximum absolute atomic E-state index is 9.77. The van der Waals surface area contributed by atoms with Crippen LogP contribution in [0.25, 0.3) is 0 Å². The lowest BCUT2D eigenvalue weighted by atomic mass is 10.0. The van der Waals surface area contributed by atoms with E-state index in [2.05, 4.69) is 0 Å². The highest BCUT2D eigenvalue weighted by Crippen LogP contribution is 2.27. The molecular weight excluding hydrogens is 228 g/mol. The first-order valence-electron chi connectivity index (χ1n) is 6.66. The van der Waals surface area contributed by atoms with E-state index in [0.29, 0.717) is 12.5 Å². The van der Waals surface area contributed by atoms with Crippen LogP contribution in [0, 0.1) is 12.8 Å². The van der Waals surface area contributed by atoms with Crippen LogP contribution in [0.3, 0.4) is 0 Å². The predicted octanol–water partition coefficient (Wildman–Crippen LogP) is 2.85. The maximum Gasteiger partial charge on any atom is 0.125 e. The molecule has 3 nitrogen and oxygen atoms in total. The smallest absolute Gasteiger partial charge is 0.125 e. The standard InChI is InChI=1S/C15H22O3/c1-11-3-4-15(14(9-11)12(2)16)18-10-13-5-7-17-8-6-13/h3-4,9,12-13,16H,5-8,10H2,1-2H3/t12-/m0/s1. The Balaban J connectivity index is 1.99. The normalized spacial score (nSPS) is 18.6. The first-order chi connectivity index (χ1) is 8.66. The molecule has 18 heavy (non-hydrogen) atoms. The second-order valence-electron chi connectivity index (χ2n) is 5.08. The number of aryl methyl sites for hydroxylation is 1. The molecule has 1 fully saturated rings. The highest BCUT2D eigenvalue weighted by atomic mass is 16.5. The zero-order valence-corrected chi connectivity index (χ0v) is 11.2. The van der Waals surface area contributed by atoms with Crippen molar-refractivity contribution in [3.05, 3.63) is 29.3 Å². The molecule has 1 atom stereocenters. The van der Waals surface area contributed by atoms with E-state index in [9.17, 15) is 5.11 Å². The van der Waals surface area contributed by atoms with Crippen LogP contribution in [0.1, 0.15) is 37.0 Å². The lowest BCUT2D eigenvalue weighted by Gasteiger charge is -2.23. The summed E-state index contributed by atoms with van der Waals surface area (Å²) in [5.74, 6) is 1.38. The lowest BCUT2D eigenvalue weighted by molar-refractivity contribution is 0.0491. The summed E-state index contributed by atoms with van der Waals surface area (Å²) < 4.78 is 11.2. The molecule has 0 bridgehead atoms. The van der Waals surface area contributed by atoms with Gasteiger partial charge in [0.2, 0.25) is 0 Å². The van der Waals surface area contributed by atoms with Gasteiger partial charge in [0.05, 0.1) is 12.7 Å². The van der Waals surface area contributed by atoms with Gasteiger partial charge in [0.25, 0.3) is 0 Å². The molecule has 1 saturated heterocycles. The van der Waals surface area contributed by atoms with Crippen molar-refractivity contribution in [1.82, 2.24) is 0 Å². The molecule has 100 valence electrons. The zero-order valence-electron chi connectivity index (χ0n) is 11.2. The Labute approximate surface area is 109 Å². The van der Waals surface area contributed by atoms with Gasteiger partial charge in [-0.25, -0.2) is 0 Å². The summed E-state index contributed by atoms with van der Waals surface area (Å²) in [6.07, 6.45) is 1.64. The first-order valence-corrected chi connectivity index (χ1v) is 6.66. The van der Waals surface area contributed by atoms with Crippen molar-refractivity contribution in [2.45, 2.75) is 32.8 Å². The molecule has 0 amide bonds. The van der Waals surface area contributed by atoms with Crippen molar-refractivity contribution < 1.29 is 14.6 Å². The molecule has 0 spiro atoms. The van der Waals surface area contributed by atoms with Gasteiger partial charge in [-0.15, -0.1) is 0 Å². The maximum atomic E-state index is 9.77. The number of benzene rings is 1. The SMILES string of the molecule is Cc1ccc(OCC2CCOCC2)c([C@H](C)O)c1. The van der Waals surface area contributed by atoms with E-state index in [1.54, 1.807) is 6.92 Å². The quantitative estimate of drug-likeness (QED) is 0.893. The van der Waals surface area contributed by atoms with E-state index in [0.717, 1.165) is 42.9 Å². The lowest BCUT2D eigenvalue weighted by Crippen LogP contribution is -2.21. The summed E-state index contributed by atoms with van der Waals surface area (Å²) >= 11 is 0. The predicted molar refractivity (Wildman–Crippen MR) is 70.9 cm³/mol. The molecule has 1 aliphatic rings. The summed E-state index contributed by atoms with van der Waals surface area (Å²) in [4.78, 5) is 0. The third-order valence-electron chi connectivity index (χ3n) is 3.43. The summed E-state index contributed by atoms with van der Waals surface area (Å²) in [5.41, 5.74) is 2.02. The largest absolute Gasteiger partial charge is 0.493 e. The average molecular weight is 250 g/mol. The molecule has 2 rings (SSSR count). The Morgan fingerprint density at radius 2 is 2.11 bits per heavy atom. The van der Waals surface area contributed by atoms with Gasteiger partial charge >= 0.3 is 0 Å². The third-order valence-corrected chi connectivity index (χ3v) is 3.43. The fourth-order valence-electron chi connectivity index (χ4n) is 2.25. The van der Waals surface area contributed by atoms with E-state index < -0.39 is 6.10 Å². The molecule has 1 N–H and O–H groups in total. The van der Waals surface area contributed by atoms with Crippen molar-refractivity contribution in [3.8, 4) is 5.75 Å². The van der Waals surface area contributed by atoms with Gasteiger partial charge in [0, 0.05) is 18.8 Å². The van der Waals surface area contributed by atoms with E-state index in [4.69, 9.17) is 9.47 Å². The Kier molecular flexibility index (Phi) is 4.61. The summed E-state index contributed by atoms with van der Waals surface area (Å²) in [5, 5.41) is 9.77. The van der Waals surface area contributed by atoms with Crippen LogP contribution in [0.2, 0.25) is 0 Å². The van der Waals surface area contributed by atoms with Gasteiger partial charge in [-0.2, -0.15) is 0 Å². The number of hydrogen-bond donors (Lipinski definition) is 1. The Bertz CT molecular complexity index is 381. The van der Waals surface area contributed by atoms with Gasteiger partial charge in [-0.1, -0.05) is 11.6 Å². The second kappa shape index (κ2) is 6.21. The van der Waals surface area contributed by atoms with Crippen molar-refractivity contribution in [1.29, 1.82) is 0 Å². The molecular formula is C15H22O3. The minimum atomic E-state index is -0.491. The van der Waals surface area contributed by atoms with Crippen molar-refractivity contribution in [2.24, 2.45) is 5.92 Å². The molecule has 3 heteroatoms. The fourth-order valence-corrected chi connectivity index (χ4v) is 2.25. The molecule has 0 saturated carbocycles. The Hall–Kier alpha value is -1.06. The number of ether oxygens (including phenoxy) is 2. The van der Waals surface area contributed by atoms with Gasteiger partial charge in [-0.05, 0) is 44.7 Å². The van der Waals surface area contributed by atoms with Crippen molar-refractivity contribution in [3.63, 3.8) is 0 Å².